The number of benzene rings is 3. The molecule has 1 unspecified atom stereocenters. The van der Waals surface area contributed by atoms with Crippen molar-refractivity contribution in [2.45, 2.75) is 11.7 Å². The van der Waals surface area contributed by atoms with Crippen LogP contribution in [-0.4, -0.2) is 39.3 Å². The number of hydrogen-bond acceptors (Lipinski definition) is 7. The van der Waals surface area contributed by atoms with Gasteiger partial charge in [0.2, 0.25) is 0 Å². The van der Waals surface area contributed by atoms with Gasteiger partial charge in [0.05, 0.1) is 12.7 Å². The Morgan fingerprint density at radius 3 is 2.18 bits per heavy atom. The van der Waals surface area contributed by atoms with E-state index in [1.807, 2.05) is 45.2 Å². The maximum atomic E-state index is 12.9. The maximum Gasteiger partial charge on any atom is 0.356 e. The van der Waals surface area contributed by atoms with Crippen LogP contribution < -0.4 is 9.47 Å². The molecule has 2 aliphatic rings. The van der Waals surface area contributed by atoms with E-state index in [0.29, 0.717) is 25.8 Å². The monoisotopic (exact) mass is 686 g/mol. The van der Waals surface area contributed by atoms with Crippen molar-refractivity contribution in [3.63, 3.8) is 0 Å². The number of rotatable bonds is 4. The number of ether oxygens (including phenoxy) is 3. The van der Waals surface area contributed by atoms with Crippen LogP contribution in [-0.2, 0) is 19.9 Å². The second-order valence-corrected chi connectivity index (χ2v) is 9.58. The summed E-state index contributed by atoms with van der Waals surface area (Å²) < 4.78 is 18.1. The number of carboxylic acids is 2. The third kappa shape index (κ3) is 3.13. The fraction of sp³-hybridized carbons (Fsp3) is 0.0870. The molecule has 3 aromatic rings. The average Bonchev–Trinajstić information content (AvgIpc) is 3.09. The Labute approximate surface area is 218 Å². The van der Waals surface area contributed by atoms with Gasteiger partial charge >= 0.3 is 17.9 Å². The quantitative estimate of drug-likeness (QED) is 0.211. The number of phenolic OH excluding ortho intramolecular Hbond substituents is 1. The molecule has 0 bridgehead atoms. The van der Waals surface area contributed by atoms with Gasteiger partial charge in [0, 0.05) is 16.7 Å². The van der Waals surface area contributed by atoms with E-state index >= 15 is 0 Å². The number of carboxylic acid groups (broad SMARTS) is 2. The fourth-order valence-corrected chi connectivity index (χ4v) is 5.41. The van der Waals surface area contributed by atoms with Gasteiger partial charge < -0.3 is 29.5 Å². The number of aliphatic carboxylic acids is 2. The summed E-state index contributed by atoms with van der Waals surface area (Å²) in [4.78, 5) is 35.6. The summed E-state index contributed by atoms with van der Waals surface area (Å²) in [6.07, 6.45) is -2.13. The number of hydrogen-bond donors (Lipinski definition) is 3. The van der Waals surface area contributed by atoms with E-state index in [9.17, 15) is 29.7 Å². The summed E-state index contributed by atoms with van der Waals surface area (Å²) in [5, 5.41) is 28.7. The lowest BCUT2D eigenvalue weighted by molar-refractivity contribution is -0.159. The molecule has 34 heavy (non-hydrogen) atoms. The van der Waals surface area contributed by atoms with Crippen molar-refractivity contribution in [3.05, 3.63) is 77.9 Å². The molecule has 3 N–H and O–H groups in total. The lowest BCUT2D eigenvalue weighted by Crippen LogP contribution is -2.36. The van der Waals surface area contributed by atoms with Crippen molar-refractivity contribution in [1.29, 1.82) is 0 Å². The Kier molecular flexibility index (Phi) is 5.35. The van der Waals surface area contributed by atoms with Crippen molar-refractivity contribution < 1.29 is 43.9 Å². The molecular weight excluding hydrogens is 674 g/mol. The first-order valence-corrected chi connectivity index (χ1v) is 11.8. The van der Waals surface area contributed by atoms with Crippen molar-refractivity contribution in [2.24, 2.45) is 0 Å². The van der Waals surface area contributed by atoms with Gasteiger partial charge in [-0.1, -0.05) is 18.2 Å². The molecule has 2 aliphatic heterocycles. The van der Waals surface area contributed by atoms with Gasteiger partial charge in [-0.05, 0) is 75.5 Å². The molecule has 1 atom stereocenters. The summed E-state index contributed by atoms with van der Waals surface area (Å²) in [5.41, 5.74) is 0.488. The van der Waals surface area contributed by atoms with Crippen LogP contribution in [0.1, 0.15) is 27.0 Å². The number of carbonyl (C=O) groups excluding carboxylic acids is 1. The van der Waals surface area contributed by atoms with Gasteiger partial charge in [-0.3, -0.25) is 0 Å². The number of esters is 1. The maximum absolute atomic E-state index is 12.9. The second kappa shape index (κ2) is 8.01. The zero-order valence-electron chi connectivity index (χ0n) is 16.7. The highest BCUT2D eigenvalue weighted by molar-refractivity contribution is 14.1. The van der Waals surface area contributed by atoms with E-state index in [1.54, 1.807) is 36.4 Å². The zero-order chi connectivity index (χ0) is 24.4. The summed E-state index contributed by atoms with van der Waals surface area (Å²) in [5.74, 6) is -3.52. The predicted octanol–water partition coefficient (Wildman–Crippen LogP) is 4.09. The van der Waals surface area contributed by atoms with Crippen LogP contribution in [0.3, 0.4) is 0 Å². The molecule has 0 amide bonds. The van der Waals surface area contributed by atoms with Gasteiger partial charge in [0.25, 0.3) is 6.10 Å². The van der Waals surface area contributed by atoms with Crippen LogP contribution in [0.5, 0.6) is 23.0 Å². The Morgan fingerprint density at radius 2 is 1.50 bits per heavy atom. The van der Waals surface area contributed by atoms with Crippen molar-refractivity contribution in [1.82, 2.24) is 0 Å². The fourth-order valence-electron chi connectivity index (χ4n) is 4.13. The van der Waals surface area contributed by atoms with E-state index in [-0.39, 0.29) is 26.6 Å². The molecule has 0 aromatic heterocycles. The lowest BCUT2D eigenvalue weighted by Gasteiger charge is -2.37. The smallest absolute Gasteiger partial charge is 0.356 e. The van der Waals surface area contributed by atoms with Crippen LogP contribution in [0.25, 0.3) is 0 Å². The summed E-state index contributed by atoms with van der Waals surface area (Å²) in [7, 11) is 0. The van der Waals surface area contributed by atoms with Crippen molar-refractivity contribution in [3.8, 4) is 23.0 Å². The largest absolute Gasteiger partial charge is 0.507 e. The SMILES string of the molecule is O=C1OC2(c3ccccc31)c1ccc(O)c(I)c1Oc1c2ccc(OC(C(=O)O)C(=O)O)c1I. The van der Waals surface area contributed by atoms with Crippen LogP contribution in [0.15, 0.2) is 48.5 Å². The van der Waals surface area contributed by atoms with E-state index in [2.05, 4.69) is 0 Å². The molecule has 172 valence electrons. The number of halogens is 2. The van der Waals surface area contributed by atoms with Crippen molar-refractivity contribution in [2.75, 3.05) is 0 Å². The standard InChI is InChI=1S/C23H12I2O9/c24-15-13(26)7-5-11-17(15)33-18-12(23(11)10-4-2-1-3-9(10)22(31)34-23)6-8-14(16(18)25)32-19(20(27)28)21(29)30/h1-8,19,26H,(H,27,28)(H,29,30). The molecule has 0 aliphatic carbocycles. The summed E-state index contributed by atoms with van der Waals surface area (Å²) >= 11 is 3.77. The number of phenols is 1. The van der Waals surface area contributed by atoms with Gasteiger partial charge in [-0.2, -0.15) is 0 Å². The van der Waals surface area contributed by atoms with Crippen molar-refractivity contribution >= 4 is 63.1 Å². The molecule has 11 heteroatoms. The second-order valence-electron chi connectivity index (χ2n) is 7.42. The Bertz CT molecular complexity index is 1400. The molecule has 5 rings (SSSR count). The van der Waals surface area contributed by atoms with Crippen LogP contribution >= 0.6 is 45.2 Å². The first kappa shape index (κ1) is 22.7. The van der Waals surface area contributed by atoms with E-state index in [0.717, 1.165) is 0 Å². The molecule has 0 radical (unpaired) electrons. The van der Waals surface area contributed by atoms with Gasteiger partial charge in [0.1, 0.15) is 11.5 Å². The third-order valence-electron chi connectivity index (χ3n) is 5.57. The van der Waals surface area contributed by atoms with Gasteiger partial charge in [-0.15, -0.1) is 0 Å². The van der Waals surface area contributed by atoms with Gasteiger partial charge in [0.15, 0.2) is 17.1 Å². The summed E-state index contributed by atoms with van der Waals surface area (Å²) in [6, 6.07) is 13.0. The Hall–Kier alpha value is -3.07. The van der Waals surface area contributed by atoms with Crippen LogP contribution in [0.4, 0.5) is 0 Å². The minimum Gasteiger partial charge on any atom is -0.507 e. The van der Waals surface area contributed by atoms with Gasteiger partial charge in [-0.25, -0.2) is 14.4 Å². The topological polar surface area (TPSA) is 140 Å². The highest BCUT2D eigenvalue weighted by Gasteiger charge is 2.54. The van der Waals surface area contributed by atoms with E-state index in [1.165, 1.54) is 12.1 Å². The highest BCUT2D eigenvalue weighted by atomic mass is 127. The summed E-state index contributed by atoms with van der Waals surface area (Å²) in [6.45, 7) is 0. The third-order valence-corrected chi connectivity index (χ3v) is 7.63. The average molecular weight is 686 g/mol. The van der Waals surface area contributed by atoms with Crippen LogP contribution in [0.2, 0.25) is 0 Å². The molecule has 3 aromatic carbocycles. The minimum absolute atomic E-state index is 0.0412. The molecule has 0 fully saturated rings. The molecule has 1 spiro atoms. The number of carbonyl (C=O) groups is 3. The molecule has 0 saturated heterocycles. The molecule has 9 nitrogen and oxygen atoms in total. The van der Waals surface area contributed by atoms with E-state index in [4.69, 9.17) is 14.2 Å². The first-order chi connectivity index (χ1) is 16.2. The molecule has 2 heterocycles. The predicted molar refractivity (Wildman–Crippen MR) is 131 cm³/mol. The minimum atomic E-state index is -2.13. The normalized spacial score (nSPS) is 17.4. The van der Waals surface area contributed by atoms with E-state index < -0.39 is 29.6 Å². The molecule has 0 saturated carbocycles. The number of aromatic hydroxyl groups is 1. The molecular formula is C23H12I2O9. The highest BCUT2D eigenvalue weighted by Crippen LogP contribution is 2.59. The lowest BCUT2D eigenvalue weighted by atomic mass is 9.77. The Morgan fingerprint density at radius 1 is 0.882 bits per heavy atom. The zero-order valence-corrected chi connectivity index (χ0v) is 21.1. The number of fused-ring (bicyclic) bond motifs is 6. The Balaban J connectivity index is 1.78. The first-order valence-electron chi connectivity index (χ1n) is 9.64. The van der Waals surface area contributed by atoms with Crippen LogP contribution in [0, 0.1) is 7.14 Å².